The Kier molecular flexibility index (Phi) is 1.35. The number of nitrogens with zero attached hydrogens (tertiary/aromatic N) is 2. The van der Waals surface area contributed by atoms with Crippen LogP contribution in [-0.4, -0.2) is 11.2 Å². The van der Waals surface area contributed by atoms with Gasteiger partial charge in [-0.1, -0.05) is 0 Å². The minimum absolute atomic E-state index is 0.281. The molecule has 3 nitrogen and oxygen atoms in total. The molecular weight excluding hydrogens is 138 g/mol. The van der Waals surface area contributed by atoms with E-state index in [1.54, 1.807) is 6.20 Å². The number of fused-ring (bicyclic) bond motifs is 1. The summed E-state index contributed by atoms with van der Waals surface area (Å²) in [6, 6.07) is 2.25. The van der Waals surface area contributed by atoms with E-state index in [0.717, 1.165) is 5.56 Å². The Bertz CT molecular complexity index is 293. The molecule has 0 spiro atoms. The SMILES string of the molecule is CC1NN=Cc2ccncc21. The van der Waals surface area contributed by atoms with Crippen LogP contribution in [0.3, 0.4) is 0 Å². The molecule has 0 saturated carbocycles. The third kappa shape index (κ3) is 0.981. The number of hydrazone groups is 1. The van der Waals surface area contributed by atoms with Crippen LogP contribution in [-0.2, 0) is 0 Å². The van der Waals surface area contributed by atoms with Crippen LogP contribution in [0.2, 0.25) is 0 Å². The predicted octanol–water partition coefficient (Wildman–Crippen LogP) is 1.08. The lowest BCUT2D eigenvalue weighted by Crippen LogP contribution is -2.18. The summed E-state index contributed by atoms with van der Waals surface area (Å²) >= 11 is 0. The Hall–Kier alpha value is -1.38. The largest absolute Gasteiger partial charge is 0.303 e. The van der Waals surface area contributed by atoms with Crippen molar-refractivity contribution in [1.29, 1.82) is 0 Å². The molecule has 1 aliphatic heterocycles. The van der Waals surface area contributed by atoms with Crippen molar-refractivity contribution >= 4 is 6.21 Å². The second-order valence-corrected chi connectivity index (χ2v) is 2.61. The summed E-state index contributed by atoms with van der Waals surface area (Å²) in [5, 5.41) is 4.00. The van der Waals surface area contributed by atoms with Crippen molar-refractivity contribution in [2.24, 2.45) is 5.10 Å². The molecule has 1 aliphatic rings. The third-order valence-electron chi connectivity index (χ3n) is 1.83. The molecule has 0 aliphatic carbocycles. The maximum absolute atomic E-state index is 4.05. The van der Waals surface area contributed by atoms with Gasteiger partial charge in [-0.15, -0.1) is 0 Å². The summed E-state index contributed by atoms with van der Waals surface area (Å²) in [7, 11) is 0. The quantitative estimate of drug-likeness (QED) is 0.596. The zero-order valence-electron chi connectivity index (χ0n) is 6.28. The zero-order valence-corrected chi connectivity index (χ0v) is 6.28. The highest BCUT2D eigenvalue weighted by molar-refractivity contribution is 5.82. The molecule has 0 fully saturated rings. The van der Waals surface area contributed by atoms with Gasteiger partial charge in [0.2, 0.25) is 0 Å². The lowest BCUT2D eigenvalue weighted by Gasteiger charge is -2.17. The van der Waals surface area contributed by atoms with Crippen molar-refractivity contribution in [3.8, 4) is 0 Å². The summed E-state index contributed by atoms with van der Waals surface area (Å²) in [6.45, 7) is 2.07. The predicted molar refractivity (Wildman–Crippen MR) is 43.4 cm³/mol. The first kappa shape index (κ1) is 6.34. The van der Waals surface area contributed by atoms with Crippen LogP contribution in [0.15, 0.2) is 23.6 Å². The minimum atomic E-state index is 0.281. The number of hydrogen-bond donors (Lipinski definition) is 1. The fourth-order valence-electron chi connectivity index (χ4n) is 1.18. The van der Waals surface area contributed by atoms with E-state index in [1.807, 2.05) is 18.5 Å². The molecule has 11 heavy (non-hydrogen) atoms. The molecule has 56 valence electrons. The van der Waals surface area contributed by atoms with Crippen molar-refractivity contribution in [3.63, 3.8) is 0 Å². The average molecular weight is 147 g/mol. The van der Waals surface area contributed by atoms with Gasteiger partial charge in [-0.2, -0.15) is 5.10 Å². The van der Waals surface area contributed by atoms with Gasteiger partial charge < -0.3 is 5.43 Å². The molecule has 1 aromatic heterocycles. The first-order chi connectivity index (χ1) is 5.38. The molecule has 0 saturated heterocycles. The van der Waals surface area contributed by atoms with Gasteiger partial charge in [-0.25, -0.2) is 0 Å². The molecule has 2 heterocycles. The summed E-state index contributed by atoms with van der Waals surface area (Å²) in [5.41, 5.74) is 5.34. The lowest BCUT2D eigenvalue weighted by atomic mass is 10.1. The molecule has 2 rings (SSSR count). The number of rotatable bonds is 0. The van der Waals surface area contributed by atoms with Crippen molar-refractivity contribution in [2.45, 2.75) is 13.0 Å². The van der Waals surface area contributed by atoms with Gasteiger partial charge in [0.05, 0.1) is 12.3 Å². The normalized spacial score (nSPS) is 20.6. The lowest BCUT2D eigenvalue weighted by molar-refractivity contribution is 0.595. The highest BCUT2D eigenvalue weighted by Crippen LogP contribution is 2.17. The van der Waals surface area contributed by atoms with E-state index in [4.69, 9.17) is 0 Å². The first-order valence-corrected chi connectivity index (χ1v) is 3.60. The molecule has 3 heteroatoms. The van der Waals surface area contributed by atoms with Crippen LogP contribution >= 0.6 is 0 Å². The Balaban J connectivity index is 2.54. The van der Waals surface area contributed by atoms with Crippen LogP contribution in [0.25, 0.3) is 0 Å². The van der Waals surface area contributed by atoms with Gasteiger partial charge >= 0.3 is 0 Å². The topological polar surface area (TPSA) is 37.3 Å². The molecule has 1 unspecified atom stereocenters. The van der Waals surface area contributed by atoms with E-state index in [-0.39, 0.29) is 6.04 Å². The van der Waals surface area contributed by atoms with Crippen LogP contribution < -0.4 is 5.43 Å². The van der Waals surface area contributed by atoms with Gasteiger partial charge in [0.25, 0.3) is 0 Å². The highest BCUT2D eigenvalue weighted by Gasteiger charge is 2.11. The second kappa shape index (κ2) is 2.34. The number of aromatic nitrogens is 1. The fourth-order valence-corrected chi connectivity index (χ4v) is 1.18. The fraction of sp³-hybridized carbons (Fsp3) is 0.250. The molecule has 1 N–H and O–H groups in total. The first-order valence-electron chi connectivity index (χ1n) is 3.60. The van der Waals surface area contributed by atoms with Crippen molar-refractivity contribution < 1.29 is 0 Å². The smallest absolute Gasteiger partial charge is 0.0682 e. The van der Waals surface area contributed by atoms with Crippen molar-refractivity contribution in [1.82, 2.24) is 10.4 Å². The van der Waals surface area contributed by atoms with E-state index in [9.17, 15) is 0 Å². The molecule has 1 atom stereocenters. The monoisotopic (exact) mass is 147 g/mol. The standard InChI is InChI=1S/C8H9N3/c1-6-8-5-9-3-2-7(8)4-10-11-6/h2-6,11H,1H3. The summed E-state index contributed by atoms with van der Waals surface area (Å²) in [4.78, 5) is 4.05. The highest BCUT2D eigenvalue weighted by atomic mass is 15.3. The van der Waals surface area contributed by atoms with Gasteiger partial charge in [0, 0.05) is 23.5 Å². The average Bonchev–Trinajstić information content (AvgIpc) is 2.06. The van der Waals surface area contributed by atoms with E-state index in [1.165, 1.54) is 5.56 Å². The Morgan fingerprint density at radius 1 is 1.55 bits per heavy atom. The van der Waals surface area contributed by atoms with Crippen molar-refractivity contribution in [3.05, 3.63) is 29.6 Å². The maximum Gasteiger partial charge on any atom is 0.0682 e. The molecule has 0 aromatic carbocycles. The van der Waals surface area contributed by atoms with Crippen molar-refractivity contribution in [2.75, 3.05) is 0 Å². The Morgan fingerprint density at radius 3 is 3.27 bits per heavy atom. The van der Waals surface area contributed by atoms with Crippen LogP contribution in [0.1, 0.15) is 24.1 Å². The Labute approximate surface area is 65.2 Å². The minimum Gasteiger partial charge on any atom is -0.303 e. The number of pyridine rings is 1. The summed E-state index contributed by atoms with van der Waals surface area (Å²) in [5.74, 6) is 0. The van der Waals surface area contributed by atoms with Gasteiger partial charge in [0.1, 0.15) is 0 Å². The number of nitrogens with one attached hydrogen (secondary N) is 1. The Morgan fingerprint density at radius 2 is 2.45 bits per heavy atom. The number of hydrogen-bond acceptors (Lipinski definition) is 3. The third-order valence-corrected chi connectivity index (χ3v) is 1.83. The van der Waals surface area contributed by atoms with Gasteiger partial charge in [-0.3, -0.25) is 4.98 Å². The van der Waals surface area contributed by atoms with E-state index in [0.29, 0.717) is 0 Å². The summed E-state index contributed by atoms with van der Waals surface area (Å²) < 4.78 is 0. The van der Waals surface area contributed by atoms with Gasteiger partial charge in [0.15, 0.2) is 0 Å². The second-order valence-electron chi connectivity index (χ2n) is 2.61. The molecule has 0 bridgehead atoms. The molecule has 0 radical (unpaired) electrons. The maximum atomic E-state index is 4.05. The van der Waals surface area contributed by atoms with Gasteiger partial charge in [-0.05, 0) is 13.0 Å². The molecular formula is C8H9N3. The van der Waals surface area contributed by atoms with E-state index >= 15 is 0 Å². The van der Waals surface area contributed by atoms with Crippen LogP contribution in [0.5, 0.6) is 0 Å². The molecule has 1 aromatic rings. The van der Waals surface area contributed by atoms with E-state index < -0.39 is 0 Å². The molecule has 0 amide bonds. The van der Waals surface area contributed by atoms with Crippen LogP contribution in [0, 0.1) is 0 Å². The van der Waals surface area contributed by atoms with Crippen LogP contribution in [0.4, 0.5) is 0 Å². The summed E-state index contributed by atoms with van der Waals surface area (Å²) in [6.07, 6.45) is 5.47. The zero-order chi connectivity index (χ0) is 7.68. The van der Waals surface area contributed by atoms with E-state index in [2.05, 4.69) is 22.4 Å².